The molecule has 118 valence electrons. The number of carbonyl (C=O) groups is 1. The van der Waals surface area contributed by atoms with E-state index in [9.17, 15) is 4.79 Å². The maximum absolute atomic E-state index is 11.7. The zero-order valence-electron chi connectivity index (χ0n) is 12.7. The Hall–Kier alpha value is -1.80. The number of hydrogen-bond acceptors (Lipinski definition) is 7. The number of thiazole rings is 1. The average molecular weight is 321 g/mol. The lowest BCUT2D eigenvalue weighted by atomic mass is 10.2. The molecule has 0 amide bonds. The largest absolute Gasteiger partial charge is 0.461 e. The van der Waals surface area contributed by atoms with Crippen molar-refractivity contribution in [1.29, 1.82) is 0 Å². The molecule has 2 aromatic heterocycles. The number of aromatic nitrogens is 4. The van der Waals surface area contributed by atoms with E-state index in [0.29, 0.717) is 12.3 Å². The summed E-state index contributed by atoms with van der Waals surface area (Å²) in [5.74, 6) is 0.594. The number of aryl methyl sites for hydroxylation is 1. The van der Waals surface area contributed by atoms with Crippen LogP contribution in [0.5, 0.6) is 0 Å². The topological polar surface area (TPSA) is 73.1 Å². The Bertz CT molecular complexity index is 653. The van der Waals surface area contributed by atoms with Crippen molar-refractivity contribution in [3.05, 3.63) is 28.2 Å². The molecule has 1 aliphatic heterocycles. The van der Waals surface area contributed by atoms with Crippen LogP contribution in [0.4, 0.5) is 0 Å². The van der Waals surface area contributed by atoms with Crippen molar-refractivity contribution in [3.8, 4) is 0 Å². The summed E-state index contributed by atoms with van der Waals surface area (Å²) in [6.45, 7) is 3.92. The van der Waals surface area contributed by atoms with Gasteiger partial charge in [-0.25, -0.2) is 14.8 Å². The van der Waals surface area contributed by atoms with Crippen LogP contribution in [0.3, 0.4) is 0 Å². The first kappa shape index (κ1) is 15.1. The van der Waals surface area contributed by atoms with Gasteiger partial charge in [-0.05, 0) is 26.3 Å². The molecule has 1 atom stereocenters. The molecule has 2 aromatic rings. The third-order valence-electron chi connectivity index (χ3n) is 3.80. The highest BCUT2D eigenvalue weighted by atomic mass is 32.1. The molecule has 8 heteroatoms. The SMILES string of the molecule is CCOC(=O)c1csc([C@H]2CCCN2Cc2ncnn2C)n1. The van der Waals surface area contributed by atoms with E-state index in [0.717, 1.165) is 36.8 Å². The highest BCUT2D eigenvalue weighted by Crippen LogP contribution is 2.34. The highest BCUT2D eigenvalue weighted by Gasteiger charge is 2.30. The number of ether oxygens (including phenoxy) is 1. The summed E-state index contributed by atoms with van der Waals surface area (Å²) >= 11 is 1.53. The van der Waals surface area contributed by atoms with Crippen molar-refractivity contribution in [2.45, 2.75) is 32.4 Å². The zero-order valence-corrected chi connectivity index (χ0v) is 13.5. The lowest BCUT2D eigenvalue weighted by Crippen LogP contribution is -2.24. The molecule has 0 bridgehead atoms. The van der Waals surface area contributed by atoms with Crippen molar-refractivity contribution in [3.63, 3.8) is 0 Å². The second-order valence-corrected chi connectivity index (χ2v) is 6.11. The fourth-order valence-electron chi connectivity index (χ4n) is 2.68. The summed E-state index contributed by atoms with van der Waals surface area (Å²) in [6, 6.07) is 0.241. The maximum Gasteiger partial charge on any atom is 0.357 e. The van der Waals surface area contributed by atoms with Crippen molar-refractivity contribution in [2.24, 2.45) is 7.05 Å². The molecule has 1 fully saturated rings. The third-order valence-corrected chi connectivity index (χ3v) is 4.75. The van der Waals surface area contributed by atoms with Gasteiger partial charge in [0, 0.05) is 12.4 Å². The first-order valence-electron chi connectivity index (χ1n) is 7.38. The standard InChI is InChI=1S/C14H19N5O2S/c1-3-21-14(20)10-8-22-13(17-10)11-5-4-6-19(11)7-12-15-9-16-18(12)2/h8-9,11H,3-7H2,1-2H3/t11-/m1/s1. The number of likely N-dealkylation sites (tertiary alicyclic amines) is 1. The number of hydrogen-bond donors (Lipinski definition) is 0. The summed E-state index contributed by atoms with van der Waals surface area (Å²) in [7, 11) is 1.90. The van der Waals surface area contributed by atoms with E-state index in [2.05, 4.69) is 20.0 Å². The minimum Gasteiger partial charge on any atom is -0.461 e. The second-order valence-electron chi connectivity index (χ2n) is 5.22. The lowest BCUT2D eigenvalue weighted by molar-refractivity contribution is 0.0520. The van der Waals surface area contributed by atoms with Crippen molar-refractivity contribution < 1.29 is 9.53 Å². The van der Waals surface area contributed by atoms with Crippen LogP contribution in [0.1, 0.15) is 47.1 Å². The van der Waals surface area contributed by atoms with Gasteiger partial charge in [0.1, 0.15) is 17.2 Å². The average Bonchev–Trinajstić information content (AvgIpc) is 3.21. The molecule has 0 unspecified atom stereocenters. The molecule has 1 saturated heterocycles. The lowest BCUT2D eigenvalue weighted by Gasteiger charge is -2.21. The van der Waals surface area contributed by atoms with Crippen LogP contribution in [0.2, 0.25) is 0 Å². The van der Waals surface area contributed by atoms with E-state index in [1.165, 1.54) is 11.3 Å². The van der Waals surface area contributed by atoms with E-state index < -0.39 is 0 Å². The Labute approximate surface area is 132 Å². The van der Waals surface area contributed by atoms with Crippen LogP contribution in [0, 0.1) is 0 Å². The van der Waals surface area contributed by atoms with Crippen molar-refractivity contribution in [2.75, 3.05) is 13.2 Å². The van der Waals surface area contributed by atoms with Crippen LogP contribution in [0.15, 0.2) is 11.7 Å². The second kappa shape index (κ2) is 6.53. The minimum atomic E-state index is -0.345. The van der Waals surface area contributed by atoms with Gasteiger partial charge < -0.3 is 4.74 Å². The van der Waals surface area contributed by atoms with Crippen LogP contribution in [-0.4, -0.2) is 43.8 Å². The monoisotopic (exact) mass is 321 g/mol. The van der Waals surface area contributed by atoms with E-state index in [-0.39, 0.29) is 12.0 Å². The summed E-state index contributed by atoms with van der Waals surface area (Å²) in [5.41, 5.74) is 0.410. The molecule has 0 aromatic carbocycles. The number of carbonyl (C=O) groups excluding carboxylic acids is 1. The quantitative estimate of drug-likeness (QED) is 0.782. The maximum atomic E-state index is 11.7. The molecule has 0 radical (unpaired) electrons. The zero-order chi connectivity index (χ0) is 15.5. The number of nitrogens with zero attached hydrogens (tertiary/aromatic N) is 5. The smallest absolute Gasteiger partial charge is 0.357 e. The Balaban J connectivity index is 1.73. The van der Waals surface area contributed by atoms with Crippen LogP contribution in [-0.2, 0) is 18.3 Å². The van der Waals surface area contributed by atoms with E-state index in [1.807, 2.05) is 7.05 Å². The summed E-state index contributed by atoms with van der Waals surface area (Å²) in [4.78, 5) is 22.8. The normalized spacial score (nSPS) is 18.7. The van der Waals surface area contributed by atoms with E-state index in [4.69, 9.17) is 4.74 Å². The molecule has 1 aliphatic rings. The predicted molar refractivity (Wildman–Crippen MR) is 81.5 cm³/mol. The van der Waals surface area contributed by atoms with Gasteiger partial charge in [-0.3, -0.25) is 9.58 Å². The predicted octanol–water partition coefficient (Wildman–Crippen LogP) is 1.79. The summed E-state index contributed by atoms with van der Waals surface area (Å²) in [6.07, 6.45) is 3.74. The van der Waals surface area contributed by atoms with Gasteiger partial charge in [-0.1, -0.05) is 0 Å². The third kappa shape index (κ3) is 3.02. The van der Waals surface area contributed by atoms with Gasteiger partial charge in [-0.15, -0.1) is 11.3 Å². The van der Waals surface area contributed by atoms with Gasteiger partial charge >= 0.3 is 5.97 Å². The molecule has 7 nitrogen and oxygen atoms in total. The molecule has 0 aliphatic carbocycles. The van der Waals surface area contributed by atoms with Crippen LogP contribution >= 0.6 is 11.3 Å². The first-order valence-corrected chi connectivity index (χ1v) is 8.26. The molecule has 3 heterocycles. The molecule has 0 spiro atoms. The van der Waals surface area contributed by atoms with Crippen LogP contribution in [0.25, 0.3) is 0 Å². The van der Waals surface area contributed by atoms with Crippen molar-refractivity contribution in [1.82, 2.24) is 24.6 Å². The fourth-order valence-corrected chi connectivity index (χ4v) is 3.64. The van der Waals surface area contributed by atoms with Crippen molar-refractivity contribution >= 4 is 17.3 Å². The number of esters is 1. The molecular formula is C14H19N5O2S. The molecule has 0 N–H and O–H groups in total. The number of rotatable bonds is 5. The molecule has 3 rings (SSSR count). The van der Waals surface area contributed by atoms with Gasteiger partial charge in [0.05, 0.1) is 19.2 Å². The van der Waals surface area contributed by atoms with E-state index >= 15 is 0 Å². The Morgan fingerprint density at radius 3 is 3.14 bits per heavy atom. The van der Waals surface area contributed by atoms with E-state index in [1.54, 1.807) is 23.3 Å². The first-order chi connectivity index (χ1) is 10.7. The van der Waals surface area contributed by atoms with Gasteiger partial charge in [0.2, 0.25) is 0 Å². The molecule has 0 saturated carbocycles. The molecule has 22 heavy (non-hydrogen) atoms. The fraction of sp³-hybridized carbons (Fsp3) is 0.571. The minimum absolute atomic E-state index is 0.241. The Morgan fingerprint density at radius 1 is 1.55 bits per heavy atom. The van der Waals surface area contributed by atoms with Crippen LogP contribution < -0.4 is 0 Å². The highest BCUT2D eigenvalue weighted by molar-refractivity contribution is 7.09. The Morgan fingerprint density at radius 2 is 2.41 bits per heavy atom. The Kier molecular flexibility index (Phi) is 4.49. The summed E-state index contributed by atoms with van der Waals surface area (Å²) in [5, 5.41) is 6.87. The van der Waals surface area contributed by atoms with Gasteiger partial charge in [0.15, 0.2) is 5.69 Å². The van der Waals surface area contributed by atoms with Gasteiger partial charge in [-0.2, -0.15) is 5.10 Å². The van der Waals surface area contributed by atoms with Gasteiger partial charge in [0.25, 0.3) is 0 Å². The molecular weight excluding hydrogens is 302 g/mol. The summed E-state index contributed by atoms with van der Waals surface area (Å²) < 4.78 is 6.79.